The van der Waals surface area contributed by atoms with Gasteiger partial charge in [-0.25, -0.2) is 9.38 Å². The molecule has 0 aromatic carbocycles. The van der Waals surface area contributed by atoms with E-state index < -0.39 is 16.7 Å². The largest absolute Gasteiger partial charge is 0.299 e. The number of halogens is 2. The summed E-state index contributed by atoms with van der Waals surface area (Å²) in [5.41, 5.74) is 5.82. The van der Waals surface area contributed by atoms with Gasteiger partial charge in [-0.1, -0.05) is 0 Å². The summed E-state index contributed by atoms with van der Waals surface area (Å²) in [5, 5.41) is 0.177. The van der Waals surface area contributed by atoms with Crippen LogP contribution in [0, 0.1) is 0 Å². The van der Waals surface area contributed by atoms with Crippen LogP contribution >= 0.6 is 11.6 Å². The lowest BCUT2D eigenvalue weighted by Gasteiger charge is -2.22. The van der Waals surface area contributed by atoms with Crippen molar-refractivity contribution < 1.29 is 9.18 Å². The summed E-state index contributed by atoms with van der Waals surface area (Å²) in [6.45, 7) is 0. The molecule has 0 aliphatic carbocycles. The molecule has 5 nitrogen and oxygen atoms in total. The maximum Gasteiger partial charge on any atom is 0.265 e. The molecular formula is C7H6ClFN4O. The number of aliphatic imine (C=N–C) groups is 1. The minimum absolute atomic E-state index is 0.0519. The predicted octanol–water partition coefficient (Wildman–Crippen LogP) is -0.0363. The number of nitrogens with zero attached hydrogens (tertiary/aromatic N) is 2. The number of nitrogens with two attached hydrogens (primary N) is 1. The second kappa shape index (κ2) is 2.88. The predicted molar refractivity (Wildman–Crippen MR) is 48.5 cm³/mol. The molecule has 0 saturated carbocycles. The van der Waals surface area contributed by atoms with E-state index in [1.165, 1.54) is 17.4 Å². The molecule has 0 aromatic rings. The zero-order valence-electron chi connectivity index (χ0n) is 6.87. The van der Waals surface area contributed by atoms with Crippen LogP contribution in [0.1, 0.15) is 0 Å². The van der Waals surface area contributed by atoms with E-state index in [1.54, 1.807) is 6.08 Å². The van der Waals surface area contributed by atoms with E-state index in [-0.39, 0.29) is 5.82 Å². The van der Waals surface area contributed by atoms with Crippen LogP contribution < -0.4 is 11.2 Å². The Morgan fingerprint density at radius 2 is 2.50 bits per heavy atom. The first-order chi connectivity index (χ1) is 6.55. The van der Waals surface area contributed by atoms with Gasteiger partial charge in [-0.2, -0.15) is 5.43 Å². The fourth-order valence-corrected chi connectivity index (χ4v) is 1.29. The number of hydrogen-bond acceptors (Lipinski definition) is 5. The monoisotopic (exact) mass is 216 g/mol. The van der Waals surface area contributed by atoms with Crippen molar-refractivity contribution in [2.24, 2.45) is 10.7 Å². The maximum atomic E-state index is 13.6. The van der Waals surface area contributed by atoms with E-state index in [2.05, 4.69) is 10.4 Å². The van der Waals surface area contributed by atoms with Crippen molar-refractivity contribution in [1.82, 2.24) is 10.4 Å². The molecule has 2 rings (SSSR count). The SMILES string of the molecule is NC1(C(=O)Cl)NN2C=CC=NC2=C1F. The van der Waals surface area contributed by atoms with Crippen LogP contribution in [0.3, 0.4) is 0 Å². The smallest absolute Gasteiger partial charge is 0.265 e. The Hall–Kier alpha value is -1.24. The van der Waals surface area contributed by atoms with E-state index in [9.17, 15) is 9.18 Å². The summed E-state index contributed by atoms with van der Waals surface area (Å²) in [7, 11) is 0. The lowest BCUT2D eigenvalue weighted by molar-refractivity contribution is -0.117. The minimum Gasteiger partial charge on any atom is -0.299 e. The molecule has 0 bridgehead atoms. The molecule has 2 heterocycles. The summed E-state index contributed by atoms with van der Waals surface area (Å²) in [6, 6.07) is 0. The molecule has 0 saturated heterocycles. The van der Waals surface area contributed by atoms with Gasteiger partial charge in [-0.15, -0.1) is 0 Å². The first-order valence-corrected chi connectivity index (χ1v) is 4.10. The van der Waals surface area contributed by atoms with Crippen molar-refractivity contribution in [2.45, 2.75) is 5.66 Å². The van der Waals surface area contributed by atoms with E-state index >= 15 is 0 Å². The molecule has 3 N–H and O–H groups in total. The van der Waals surface area contributed by atoms with Crippen LogP contribution in [0.2, 0.25) is 0 Å². The Morgan fingerprint density at radius 3 is 3.07 bits per heavy atom. The van der Waals surface area contributed by atoms with Gasteiger partial charge >= 0.3 is 0 Å². The van der Waals surface area contributed by atoms with Gasteiger partial charge in [-0.05, 0) is 17.7 Å². The third-order valence-corrected chi connectivity index (χ3v) is 2.19. The van der Waals surface area contributed by atoms with Gasteiger partial charge in [0.2, 0.25) is 5.66 Å². The van der Waals surface area contributed by atoms with Crippen molar-refractivity contribution in [3.05, 3.63) is 23.9 Å². The molecule has 1 atom stereocenters. The van der Waals surface area contributed by atoms with Gasteiger partial charge in [0.1, 0.15) is 0 Å². The molecule has 14 heavy (non-hydrogen) atoms. The standard InChI is InChI=1S/C7H6ClFN4O/c8-6(14)7(10)4(9)5-11-2-1-3-13(5)12-7/h1-3,12H,10H2. The molecular weight excluding hydrogens is 211 g/mol. The van der Waals surface area contributed by atoms with Crippen molar-refractivity contribution in [3.63, 3.8) is 0 Å². The number of fused-ring (bicyclic) bond motifs is 1. The molecule has 0 fully saturated rings. The molecule has 0 amide bonds. The maximum absolute atomic E-state index is 13.6. The minimum atomic E-state index is -2.01. The van der Waals surface area contributed by atoms with Crippen LogP contribution in [0.15, 0.2) is 28.9 Å². The Labute approximate surface area is 83.7 Å². The van der Waals surface area contributed by atoms with Crippen LogP contribution in [0.5, 0.6) is 0 Å². The van der Waals surface area contributed by atoms with Crippen LogP contribution in [0.25, 0.3) is 0 Å². The lowest BCUT2D eigenvalue weighted by atomic mass is 10.2. The molecule has 1 unspecified atom stereocenters. The van der Waals surface area contributed by atoms with Crippen molar-refractivity contribution in [2.75, 3.05) is 0 Å². The third kappa shape index (κ3) is 1.08. The van der Waals surface area contributed by atoms with E-state index in [1.807, 2.05) is 0 Å². The van der Waals surface area contributed by atoms with Crippen molar-refractivity contribution in [3.8, 4) is 0 Å². The summed E-state index contributed by atoms with van der Waals surface area (Å²) in [4.78, 5) is 14.6. The molecule has 2 aliphatic heterocycles. The number of hydrogen-bond donors (Lipinski definition) is 2. The number of allylic oxidation sites excluding steroid dienone is 1. The first kappa shape index (κ1) is 9.32. The highest BCUT2D eigenvalue weighted by molar-refractivity contribution is 6.66. The van der Waals surface area contributed by atoms with Crippen LogP contribution in [-0.4, -0.2) is 22.1 Å². The number of carbonyl (C=O) groups is 1. The summed E-state index contributed by atoms with van der Waals surface area (Å²) >= 11 is 5.18. The number of hydrazine groups is 1. The zero-order valence-corrected chi connectivity index (χ0v) is 7.62. The molecule has 74 valence electrons. The molecule has 7 heteroatoms. The molecule has 2 aliphatic rings. The number of rotatable bonds is 1. The van der Waals surface area contributed by atoms with Crippen molar-refractivity contribution >= 4 is 23.1 Å². The lowest BCUT2D eigenvalue weighted by Crippen LogP contribution is -2.58. The Morgan fingerprint density at radius 1 is 1.79 bits per heavy atom. The van der Waals surface area contributed by atoms with Crippen LogP contribution in [-0.2, 0) is 4.79 Å². The number of nitrogens with one attached hydrogen (secondary N) is 1. The van der Waals surface area contributed by atoms with Gasteiger partial charge < -0.3 is 0 Å². The molecule has 0 radical (unpaired) electrons. The molecule has 0 spiro atoms. The highest BCUT2D eigenvalue weighted by Gasteiger charge is 2.48. The Balaban J connectivity index is 2.47. The summed E-state index contributed by atoms with van der Waals surface area (Å²) < 4.78 is 13.6. The highest BCUT2D eigenvalue weighted by atomic mass is 35.5. The number of carbonyl (C=O) groups excluding carboxylic acids is 1. The Kier molecular flexibility index (Phi) is 1.91. The quantitative estimate of drug-likeness (QED) is 0.604. The van der Waals surface area contributed by atoms with Gasteiger partial charge in [0.25, 0.3) is 5.24 Å². The average Bonchev–Trinajstić information content (AvgIpc) is 2.42. The van der Waals surface area contributed by atoms with Gasteiger partial charge in [0.15, 0.2) is 11.6 Å². The fourth-order valence-electron chi connectivity index (χ4n) is 1.17. The normalized spacial score (nSPS) is 29.8. The van der Waals surface area contributed by atoms with E-state index in [4.69, 9.17) is 17.3 Å². The van der Waals surface area contributed by atoms with Crippen LogP contribution in [0.4, 0.5) is 4.39 Å². The average molecular weight is 217 g/mol. The fraction of sp³-hybridized carbons (Fsp3) is 0.143. The second-order valence-electron chi connectivity index (χ2n) is 2.82. The second-order valence-corrected chi connectivity index (χ2v) is 3.16. The highest BCUT2D eigenvalue weighted by Crippen LogP contribution is 2.30. The summed E-state index contributed by atoms with van der Waals surface area (Å²) in [5.74, 6) is -0.942. The summed E-state index contributed by atoms with van der Waals surface area (Å²) in [6.07, 6.45) is 4.43. The van der Waals surface area contributed by atoms with Gasteiger partial charge in [0.05, 0.1) is 0 Å². The van der Waals surface area contributed by atoms with E-state index in [0.29, 0.717) is 0 Å². The zero-order chi connectivity index (χ0) is 10.3. The third-order valence-electron chi connectivity index (χ3n) is 1.90. The van der Waals surface area contributed by atoms with Crippen molar-refractivity contribution in [1.29, 1.82) is 0 Å². The topological polar surface area (TPSA) is 70.7 Å². The first-order valence-electron chi connectivity index (χ1n) is 3.72. The molecule has 0 aromatic heterocycles. The van der Waals surface area contributed by atoms with E-state index in [0.717, 1.165) is 0 Å². The Bertz CT molecular complexity index is 391. The van der Waals surface area contributed by atoms with Gasteiger partial charge in [0, 0.05) is 12.4 Å². The van der Waals surface area contributed by atoms with Gasteiger partial charge in [-0.3, -0.25) is 15.5 Å².